The standard InChI is InChI=1S/C15H29N3O/c1-10-8-18(9-11(10)2)12(3)7-15(4,14(16)19)17-13-5-6-13/h10-13,17H,5-9H2,1-4H3,(H2,16,19). The fraction of sp³-hybridized carbons (Fsp3) is 0.933. The molecule has 0 radical (unpaired) electrons. The number of amides is 1. The molecule has 0 bridgehead atoms. The molecule has 2 fully saturated rings. The number of likely N-dealkylation sites (tertiary alicyclic amines) is 1. The highest BCUT2D eigenvalue weighted by atomic mass is 16.1. The van der Waals surface area contributed by atoms with Crippen LogP contribution in [0, 0.1) is 11.8 Å². The van der Waals surface area contributed by atoms with Crippen LogP contribution in [-0.4, -0.2) is 41.5 Å². The summed E-state index contributed by atoms with van der Waals surface area (Å²) >= 11 is 0. The number of nitrogens with zero attached hydrogens (tertiary/aromatic N) is 1. The van der Waals surface area contributed by atoms with Gasteiger partial charge in [-0.25, -0.2) is 0 Å². The third kappa shape index (κ3) is 3.48. The van der Waals surface area contributed by atoms with E-state index in [1.54, 1.807) is 0 Å². The molecule has 4 heteroatoms. The Labute approximate surface area is 117 Å². The minimum atomic E-state index is -0.560. The van der Waals surface area contributed by atoms with Crippen molar-refractivity contribution in [2.75, 3.05) is 13.1 Å². The molecule has 19 heavy (non-hydrogen) atoms. The summed E-state index contributed by atoms with van der Waals surface area (Å²) in [4.78, 5) is 14.3. The Balaban J connectivity index is 1.94. The zero-order chi connectivity index (χ0) is 14.2. The van der Waals surface area contributed by atoms with E-state index in [2.05, 4.69) is 31.0 Å². The average Bonchev–Trinajstić information content (AvgIpc) is 3.04. The van der Waals surface area contributed by atoms with E-state index in [-0.39, 0.29) is 5.91 Å². The molecule has 0 spiro atoms. The molecule has 4 atom stereocenters. The SMILES string of the molecule is CC1CN(C(C)CC(C)(NC2CC2)C(N)=O)CC1C. The van der Waals surface area contributed by atoms with E-state index >= 15 is 0 Å². The van der Waals surface area contributed by atoms with Crippen molar-refractivity contribution in [1.29, 1.82) is 0 Å². The van der Waals surface area contributed by atoms with Crippen LogP contribution in [0.1, 0.15) is 47.0 Å². The van der Waals surface area contributed by atoms with Gasteiger partial charge < -0.3 is 16.0 Å². The van der Waals surface area contributed by atoms with Gasteiger partial charge in [0.1, 0.15) is 0 Å². The highest BCUT2D eigenvalue weighted by molar-refractivity contribution is 5.84. The number of hydrogen-bond donors (Lipinski definition) is 2. The van der Waals surface area contributed by atoms with Gasteiger partial charge in [-0.2, -0.15) is 0 Å². The van der Waals surface area contributed by atoms with Gasteiger partial charge >= 0.3 is 0 Å². The third-order valence-corrected chi connectivity index (χ3v) is 4.99. The fourth-order valence-corrected chi connectivity index (χ4v) is 3.16. The highest BCUT2D eigenvalue weighted by Gasteiger charge is 2.40. The average molecular weight is 267 g/mol. The second kappa shape index (κ2) is 5.41. The lowest BCUT2D eigenvalue weighted by Crippen LogP contribution is -2.57. The van der Waals surface area contributed by atoms with Crippen molar-refractivity contribution >= 4 is 5.91 Å². The van der Waals surface area contributed by atoms with Crippen LogP contribution < -0.4 is 11.1 Å². The summed E-state index contributed by atoms with van der Waals surface area (Å²) in [7, 11) is 0. The monoisotopic (exact) mass is 267 g/mol. The summed E-state index contributed by atoms with van der Waals surface area (Å²) in [5.41, 5.74) is 5.07. The van der Waals surface area contributed by atoms with Crippen LogP contribution in [-0.2, 0) is 4.79 Å². The summed E-state index contributed by atoms with van der Waals surface area (Å²) in [6.07, 6.45) is 3.16. The van der Waals surface area contributed by atoms with Crippen molar-refractivity contribution in [3.63, 3.8) is 0 Å². The van der Waals surface area contributed by atoms with E-state index in [1.165, 1.54) is 12.8 Å². The molecule has 2 rings (SSSR count). The Kier molecular flexibility index (Phi) is 4.21. The van der Waals surface area contributed by atoms with Crippen LogP contribution >= 0.6 is 0 Å². The first-order chi connectivity index (χ1) is 8.82. The molecule has 1 saturated heterocycles. The quantitative estimate of drug-likeness (QED) is 0.764. The molecule has 1 amide bonds. The normalized spacial score (nSPS) is 33.1. The lowest BCUT2D eigenvalue weighted by Gasteiger charge is -2.34. The van der Waals surface area contributed by atoms with Crippen LogP contribution in [0.5, 0.6) is 0 Å². The van der Waals surface area contributed by atoms with Gasteiger partial charge in [-0.1, -0.05) is 13.8 Å². The lowest BCUT2D eigenvalue weighted by molar-refractivity contribution is -0.124. The number of nitrogens with two attached hydrogens (primary N) is 1. The predicted octanol–water partition coefficient (Wildman–Crippen LogP) is 1.35. The molecule has 1 aliphatic carbocycles. The number of primary amides is 1. The van der Waals surface area contributed by atoms with Gasteiger partial charge in [0.2, 0.25) is 5.91 Å². The second-order valence-electron chi connectivity index (χ2n) is 7.08. The number of nitrogens with one attached hydrogen (secondary N) is 1. The van der Waals surface area contributed by atoms with E-state index in [4.69, 9.17) is 5.73 Å². The number of carbonyl (C=O) groups excluding carboxylic acids is 1. The fourth-order valence-electron chi connectivity index (χ4n) is 3.16. The molecule has 4 unspecified atom stereocenters. The van der Waals surface area contributed by atoms with Gasteiger partial charge in [-0.3, -0.25) is 4.79 Å². The van der Waals surface area contributed by atoms with Crippen LogP contribution in [0.15, 0.2) is 0 Å². The Hall–Kier alpha value is -0.610. The molecule has 110 valence electrons. The molecule has 2 aliphatic rings. The van der Waals surface area contributed by atoms with Gasteiger partial charge in [0.25, 0.3) is 0 Å². The molecule has 0 aromatic carbocycles. The zero-order valence-electron chi connectivity index (χ0n) is 12.8. The predicted molar refractivity (Wildman–Crippen MR) is 77.7 cm³/mol. The molecule has 1 heterocycles. The van der Waals surface area contributed by atoms with Crippen molar-refractivity contribution in [3.8, 4) is 0 Å². The summed E-state index contributed by atoms with van der Waals surface area (Å²) in [6, 6.07) is 0.900. The Bertz CT molecular complexity index is 332. The third-order valence-electron chi connectivity index (χ3n) is 4.99. The summed E-state index contributed by atoms with van der Waals surface area (Å²) in [5, 5.41) is 3.44. The summed E-state index contributed by atoms with van der Waals surface area (Å²) in [6.45, 7) is 11.1. The van der Waals surface area contributed by atoms with Crippen LogP contribution in [0.3, 0.4) is 0 Å². The van der Waals surface area contributed by atoms with Crippen molar-refractivity contribution < 1.29 is 4.79 Å². The molecule has 1 aliphatic heterocycles. The van der Waals surface area contributed by atoms with Gasteiger partial charge in [0.15, 0.2) is 0 Å². The van der Waals surface area contributed by atoms with Gasteiger partial charge in [0.05, 0.1) is 5.54 Å². The van der Waals surface area contributed by atoms with Crippen molar-refractivity contribution in [2.45, 2.75) is 64.6 Å². The topological polar surface area (TPSA) is 58.4 Å². The van der Waals surface area contributed by atoms with Crippen LogP contribution in [0.2, 0.25) is 0 Å². The number of rotatable bonds is 6. The maximum atomic E-state index is 11.8. The first-order valence-corrected chi connectivity index (χ1v) is 7.63. The molecular formula is C15H29N3O. The van der Waals surface area contributed by atoms with Crippen molar-refractivity contribution in [3.05, 3.63) is 0 Å². The van der Waals surface area contributed by atoms with E-state index in [0.29, 0.717) is 12.1 Å². The van der Waals surface area contributed by atoms with Gasteiger partial charge in [-0.15, -0.1) is 0 Å². The largest absolute Gasteiger partial charge is 0.368 e. The summed E-state index contributed by atoms with van der Waals surface area (Å²) in [5.74, 6) is 1.28. The van der Waals surface area contributed by atoms with Gasteiger partial charge in [0, 0.05) is 25.2 Å². The first kappa shape index (κ1) is 14.8. The highest BCUT2D eigenvalue weighted by Crippen LogP contribution is 2.29. The molecule has 1 saturated carbocycles. The van der Waals surface area contributed by atoms with E-state index < -0.39 is 5.54 Å². The molecule has 3 N–H and O–H groups in total. The Morgan fingerprint density at radius 2 is 1.89 bits per heavy atom. The van der Waals surface area contributed by atoms with Crippen molar-refractivity contribution in [1.82, 2.24) is 10.2 Å². The number of hydrogen-bond acceptors (Lipinski definition) is 3. The summed E-state index contributed by atoms with van der Waals surface area (Å²) < 4.78 is 0. The van der Waals surface area contributed by atoms with E-state index in [0.717, 1.165) is 31.3 Å². The second-order valence-corrected chi connectivity index (χ2v) is 7.08. The van der Waals surface area contributed by atoms with E-state index in [1.807, 2.05) is 6.92 Å². The molecule has 4 nitrogen and oxygen atoms in total. The van der Waals surface area contributed by atoms with Gasteiger partial charge in [-0.05, 0) is 44.9 Å². The molecule has 0 aromatic rings. The molecule has 0 aromatic heterocycles. The Morgan fingerprint density at radius 3 is 2.32 bits per heavy atom. The first-order valence-electron chi connectivity index (χ1n) is 7.63. The minimum absolute atomic E-state index is 0.216. The zero-order valence-corrected chi connectivity index (χ0v) is 12.8. The number of carbonyl (C=O) groups is 1. The maximum absolute atomic E-state index is 11.8. The van der Waals surface area contributed by atoms with Crippen LogP contribution in [0.4, 0.5) is 0 Å². The lowest BCUT2D eigenvalue weighted by atomic mass is 9.92. The van der Waals surface area contributed by atoms with Crippen LogP contribution in [0.25, 0.3) is 0 Å². The van der Waals surface area contributed by atoms with Crippen molar-refractivity contribution in [2.24, 2.45) is 17.6 Å². The smallest absolute Gasteiger partial charge is 0.237 e. The Morgan fingerprint density at radius 1 is 1.37 bits per heavy atom. The maximum Gasteiger partial charge on any atom is 0.237 e. The van der Waals surface area contributed by atoms with E-state index in [9.17, 15) is 4.79 Å². The molecular weight excluding hydrogens is 238 g/mol. The minimum Gasteiger partial charge on any atom is -0.368 e.